The molecule has 0 aliphatic rings. The smallest absolute Gasteiger partial charge is 0.0316 e. The summed E-state index contributed by atoms with van der Waals surface area (Å²) in [4.78, 5) is 6.57. The second-order valence-electron chi connectivity index (χ2n) is 5.39. The van der Waals surface area contributed by atoms with E-state index < -0.39 is 0 Å². The molecule has 112 valence electrons. The molecule has 0 saturated carbocycles. The van der Waals surface area contributed by atoms with E-state index in [0.29, 0.717) is 0 Å². The number of aryl methyl sites for hydroxylation is 1. The number of aromatic nitrogens is 1. The Balaban J connectivity index is 1.72. The van der Waals surface area contributed by atoms with E-state index in [-0.39, 0.29) is 0 Å². The van der Waals surface area contributed by atoms with Crippen LogP contribution in [0.5, 0.6) is 0 Å². The van der Waals surface area contributed by atoms with Crippen molar-refractivity contribution in [2.75, 3.05) is 25.4 Å². The third-order valence-corrected chi connectivity index (χ3v) is 3.80. The molecule has 2 N–H and O–H groups in total. The Kier molecular flexibility index (Phi) is 6.22. The van der Waals surface area contributed by atoms with Crippen LogP contribution in [0.25, 0.3) is 0 Å². The van der Waals surface area contributed by atoms with Crippen molar-refractivity contribution in [1.29, 1.82) is 0 Å². The van der Waals surface area contributed by atoms with Crippen molar-refractivity contribution in [2.45, 2.75) is 26.2 Å². The Morgan fingerprint density at radius 2 is 1.81 bits per heavy atom. The molecule has 1 heterocycles. The van der Waals surface area contributed by atoms with E-state index in [1.54, 1.807) is 0 Å². The molecule has 0 bridgehead atoms. The Bertz CT molecular complexity index is 525. The quantitative estimate of drug-likeness (QED) is 0.757. The van der Waals surface area contributed by atoms with Gasteiger partial charge in [-0.3, -0.25) is 4.98 Å². The minimum atomic E-state index is 0.859. The lowest BCUT2D eigenvalue weighted by Gasteiger charge is -2.20. The lowest BCUT2D eigenvalue weighted by molar-refractivity contribution is 0.288. The molecule has 1 aromatic heterocycles. The Hall–Kier alpha value is -1.87. The van der Waals surface area contributed by atoms with E-state index in [9.17, 15) is 0 Å². The predicted molar refractivity (Wildman–Crippen MR) is 89.2 cm³/mol. The molecule has 0 atom stereocenters. The molecule has 0 spiro atoms. The molecule has 0 amide bonds. The van der Waals surface area contributed by atoms with Crippen molar-refractivity contribution in [3.8, 4) is 0 Å². The van der Waals surface area contributed by atoms with Crippen molar-refractivity contribution < 1.29 is 0 Å². The second-order valence-corrected chi connectivity index (χ2v) is 5.39. The fourth-order valence-corrected chi connectivity index (χ4v) is 2.52. The van der Waals surface area contributed by atoms with Gasteiger partial charge >= 0.3 is 0 Å². The van der Waals surface area contributed by atoms with Gasteiger partial charge in [0.1, 0.15) is 0 Å². The molecule has 1 aromatic carbocycles. The monoisotopic (exact) mass is 283 g/mol. The highest BCUT2D eigenvalue weighted by atomic mass is 15.1. The van der Waals surface area contributed by atoms with Gasteiger partial charge in [0.15, 0.2) is 0 Å². The number of nitrogens with zero attached hydrogens (tertiary/aromatic N) is 2. The molecule has 0 saturated heterocycles. The number of hydrogen-bond acceptors (Lipinski definition) is 3. The summed E-state index contributed by atoms with van der Waals surface area (Å²) in [6.45, 7) is 5.57. The first-order chi connectivity index (χ1) is 10.3. The van der Waals surface area contributed by atoms with E-state index in [1.807, 2.05) is 24.5 Å². The average Bonchev–Trinajstić information content (AvgIpc) is 2.52. The first kappa shape index (κ1) is 15.5. The maximum absolute atomic E-state index is 5.81. The van der Waals surface area contributed by atoms with Crippen LogP contribution in [0.1, 0.15) is 24.5 Å². The molecule has 2 aromatic rings. The third kappa shape index (κ3) is 5.56. The summed E-state index contributed by atoms with van der Waals surface area (Å²) < 4.78 is 0. The standard InChI is InChI=1S/C18H25N3/c1-2-21(14-10-16-8-11-20-12-9-16)13-4-6-17-5-3-7-18(19)15-17/h3,5,7-9,11-12,15H,2,4,6,10,13-14,19H2,1H3. The number of nitrogens with two attached hydrogens (primary N) is 1. The van der Waals surface area contributed by atoms with Gasteiger partial charge in [-0.05, 0) is 67.7 Å². The zero-order chi connectivity index (χ0) is 14.9. The van der Waals surface area contributed by atoms with Crippen LogP contribution in [0.4, 0.5) is 5.69 Å². The first-order valence-corrected chi connectivity index (χ1v) is 7.73. The van der Waals surface area contributed by atoms with Crippen LogP contribution in [-0.2, 0) is 12.8 Å². The lowest BCUT2D eigenvalue weighted by atomic mass is 10.1. The van der Waals surface area contributed by atoms with Gasteiger partial charge in [0, 0.05) is 24.6 Å². The van der Waals surface area contributed by atoms with Crippen molar-refractivity contribution in [3.05, 3.63) is 59.9 Å². The fourth-order valence-electron chi connectivity index (χ4n) is 2.52. The number of rotatable bonds is 8. The maximum Gasteiger partial charge on any atom is 0.0316 e. The van der Waals surface area contributed by atoms with E-state index in [0.717, 1.165) is 38.2 Å². The Morgan fingerprint density at radius 1 is 1.00 bits per heavy atom. The molecule has 2 rings (SSSR count). The van der Waals surface area contributed by atoms with Crippen LogP contribution in [0, 0.1) is 0 Å². The number of pyridine rings is 1. The molecule has 0 unspecified atom stereocenters. The summed E-state index contributed by atoms with van der Waals surface area (Å²) in [5.41, 5.74) is 9.37. The average molecular weight is 283 g/mol. The Labute approximate surface area is 127 Å². The van der Waals surface area contributed by atoms with Crippen LogP contribution in [0.2, 0.25) is 0 Å². The van der Waals surface area contributed by atoms with Gasteiger partial charge in [0.05, 0.1) is 0 Å². The van der Waals surface area contributed by atoms with Crippen molar-refractivity contribution in [3.63, 3.8) is 0 Å². The van der Waals surface area contributed by atoms with Gasteiger partial charge in [-0.25, -0.2) is 0 Å². The van der Waals surface area contributed by atoms with Crippen LogP contribution < -0.4 is 5.73 Å². The summed E-state index contributed by atoms with van der Waals surface area (Å²) in [6.07, 6.45) is 7.09. The second kappa shape index (κ2) is 8.42. The number of likely N-dealkylation sites (N-methyl/N-ethyl adjacent to an activating group) is 1. The Morgan fingerprint density at radius 3 is 2.52 bits per heavy atom. The summed E-state index contributed by atoms with van der Waals surface area (Å²) in [6, 6.07) is 12.4. The van der Waals surface area contributed by atoms with Gasteiger partial charge in [-0.1, -0.05) is 19.1 Å². The van der Waals surface area contributed by atoms with E-state index in [4.69, 9.17) is 5.73 Å². The largest absolute Gasteiger partial charge is 0.399 e. The molecule has 0 aliphatic carbocycles. The molecule has 0 radical (unpaired) electrons. The highest BCUT2D eigenvalue weighted by Gasteiger charge is 2.03. The fraction of sp³-hybridized carbons (Fsp3) is 0.389. The summed E-state index contributed by atoms with van der Waals surface area (Å²) in [5, 5.41) is 0. The van der Waals surface area contributed by atoms with Gasteiger partial charge in [-0.15, -0.1) is 0 Å². The maximum atomic E-state index is 5.81. The third-order valence-electron chi connectivity index (χ3n) is 3.80. The van der Waals surface area contributed by atoms with Crippen LogP contribution in [0.15, 0.2) is 48.8 Å². The number of nitrogen functional groups attached to an aromatic ring is 1. The summed E-state index contributed by atoms with van der Waals surface area (Å²) in [5.74, 6) is 0. The molecule has 21 heavy (non-hydrogen) atoms. The number of benzene rings is 1. The molecule has 0 aliphatic heterocycles. The van der Waals surface area contributed by atoms with Gasteiger partial charge in [0.2, 0.25) is 0 Å². The summed E-state index contributed by atoms with van der Waals surface area (Å²) in [7, 11) is 0. The van der Waals surface area contributed by atoms with Crippen molar-refractivity contribution in [2.24, 2.45) is 0 Å². The number of anilines is 1. The first-order valence-electron chi connectivity index (χ1n) is 7.73. The predicted octanol–water partition coefficient (Wildman–Crippen LogP) is 3.16. The molecular weight excluding hydrogens is 258 g/mol. The van der Waals surface area contributed by atoms with Gasteiger partial charge in [-0.2, -0.15) is 0 Å². The summed E-state index contributed by atoms with van der Waals surface area (Å²) >= 11 is 0. The minimum absolute atomic E-state index is 0.859. The van der Waals surface area contributed by atoms with E-state index in [1.165, 1.54) is 17.5 Å². The highest BCUT2D eigenvalue weighted by Crippen LogP contribution is 2.09. The van der Waals surface area contributed by atoms with Gasteiger partial charge < -0.3 is 10.6 Å². The molecule has 3 heteroatoms. The van der Waals surface area contributed by atoms with E-state index in [2.05, 4.69) is 41.1 Å². The van der Waals surface area contributed by atoms with E-state index >= 15 is 0 Å². The molecular formula is C18H25N3. The van der Waals surface area contributed by atoms with Gasteiger partial charge in [0.25, 0.3) is 0 Å². The van der Waals surface area contributed by atoms with Crippen molar-refractivity contribution >= 4 is 5.69 Å². The topological polar surface area (TPSA) is 42.1 Å². The zero-order valence-corrected chi connectivity index (χ0v) is 12.8. The SMILES string of the molecule is CCN(CCCc1cccc(N)c1)CCc1ccncc1. The molecule has 3 nitrogen and oxygen atoms in total. The minimum Gasteiger partial charge on any atom is -0.399 e. The molecule has 0 fully saturated rings. The van der Waals surface area contributed by atoms with Crippen LogP contribution in [0.3, 0.4) is 0 Å². The zero-order valence-electron chi connectivity index (χ0n) is 12.8. The number of hydrogen-bond donors (Lipinski definition) is 1. The lowest BCUT2D eigenvalue weighted by Crippen LogP contribution is -2.27. The van der Waals surface area contributed by atoms with Crippen molar-refractivity contribution in [1.82, 2.24) is 9.88 Å². The highest BCUT2D eigenvalue weighted by molar-refractivity contribution is 5.40. The normalized spacial score (nSPS) is 11.0. The van der Waals surface area contributed by atoms with Crippen LogP contribution >= 0.6 is 0 Å². The van der Waals surface area contributed by atoms with Crippen LogP contribution in [-0.4, -0.2) is 29.5 Å².